The summed E-state index contributed by atoms with van der Waals surface area (Å²) in [5, 5.41) is 17.9. The van der Waals surface area contributed by atoms with Crippen LogP contribution in [0.4, 0.5) is 4.79 Å². The molecule has 1 rings (SSSR count). The first-order valence-corrected chi connectivity index (χ1v) is 7.88. The van der Waals surface area contributed by atoms with Gasteiger partial charge in [0.25, 0.3) is 0 Å². The molecule has 1 amide bonds. The average Bonchev–Trinajstić information content (AvgIpc) is 2.54. The molecule has 0 fully saturated rings. The second kappa shape index (κ2) is 11.9. The monoisotopic (exact) mass is 355 g/mol. The molecule has 1 atom stereocenters. The van der Waals surface area contributed by atoms with E-state index in [2.05, 4.69) is 11.9 Å². The predicted octanol–water partition coefficient (Wildman–Crippen LogP) is -3.97. The minimum Gasteiger partial charge on any atom is -0.543 e. The fourth-order valence-electron chi connectivity index (χ4n) is 1.71. The van der Waals surface area contributed by atoms with Gasteiger partial charge in [0.1, 0.15) is 12.2 Å². The van der Waals surface area contributed by atoms with Gasteiger partial charge in [-0.05, 0) is 18.6 Å². The largest absolute Gasteiger partial charge is 0.543 e. The number of carbonyl (C=O) groups is 3. The van der Waals surface area contributed by atoms with Gasteiger partial charge in [-0.15, -0.1) is 0 Å². The van der Waals surface area contributed by atoms with Crippen molar-refractivity contribution in [2.45, 2.75) is 26.3 Å². The van der Waals surface area contributed by atoms with Crippen LogP contribution in [-0.2, 0) is 16.1 Å². The van der Waals surface area contributed by atoms with E-state index in [9.17, 15) is 4.79 Å². The topological polar surface area (TPSA) is 128 Å². The standard InChI is InChI=1S/C14H23N3O2.C2H2O4/c1-5-6-10-17(4)14(18)19-13-8-7-9-15-12(13)11-16(2)3;3-1(4)2(5)6/h7-9H,5-6,10-11H2,1-4H3;(H,3,4)(H,5,6). The number of unbranched alkanes of at least 4 members (excludes halogenated alkanes) is 1. The van der Waals surface area contributed by atoms with Crippen molar-refractivity contribution in [1.82, 2.24) is 4.98 Å². The van der Waals surface area contributed by atoms with E-state index in [4.69, 9.17) is 24.5 Å². The van der Waals surface area contributed by atoms with Crippen molar-refractivity contribution >= 4 is 18.0 Å². The molecule has 25 heavy (non-hydrogen) atoms. The number of quaternary nitrogens is 2. The van der Waals surface area contributed by atoms with Gasteiger partial charge in [0.15, 0.2) is 5.75 Å². The quantitative estimate of drug-likeness (QED) is 0.498. The Balaban J connectivity index is 0.000000823. The molecule has 9 nitrogen and oxygen atoms in total. The lowest BCUT2D eigenvalue weighted by molar-refractivity contribution is -0.873. The van der Waals surface area contributed by atoms with Crippen molar-refractivity contribution < 1.29 is 39.1 Å². The molecule has 2 N–H and O–H groups in total. The Hall–Kier alpha value is -2.52. The maximum absolute atomic E-state index is 12.0. The number of carboxylic acids is 2. The first-order chi connectivity index (χ1) is 11.7. The van der Waals surface area contributed by atoms with Gasteiger partial charge in [0.05, 0.1) is 39.6 Å². The summed E-state index contributed by atoms with van der Waals surface area (Å²) < 4.78 is 5.45. The first kappa shape index (κ1) is 22.5. The van der Waals surface area contributed by atoms with E-state index in [1.165, 1.54) is 4.90 Å². The highest BCUT2D eigenvalue weighted by Crippen LogP contribution is 2.13. The third-order valence-electron chi connectivity index (χ3n) is 2.99. The number of aliphatic carboxylic acids is 2. The van der Waals surface area contributed by atoms with Gasteiger partial charge in [-0.1, -0.05) is 13.3 Å². The summed E-state index contributed by atoms with van der Waals surface area (Å²) in [4.78, 5) is 36.1. The average molecular weight is 355 g/mol. The minimum atomic E-state index is -2.19. The Labute approximate surface area is 146 Å². The molecular formula is C16H25N3O6. The number of nitrogens with zero attached hydrogens (tertiary/aromatic N) is 1. The van der Waals surface area contributed by atoms with E-state index in [1.54, 1.807) is 18.3 Å². The van der Waals surface area contributed by atoms with E-state index < -0.39 is 11.9 Å². The summed E-state index contributed by atoms with van der Waals surface area (Å²) in [5.41, 5.74) is 0.819. The summed E-state index contributed by atoms with van der Waals surface area (Å²) in [5.74, 6) is -3.80. The van der Waals surface area contributed by atoms with Crippen LogP contribution in [0.15, 0.2) is 18.3 Å². The number of carbonyl (C=O) groups excluding carboxylic acids is 3. The summed E-state index contributed by atoms with van der Waals surface area (Å²) in [6.45, 7) is 3.64. The highest BCUT2D eigenvalue weighted by atomic mass is 16.6. The maximum atomic E-state index is 12.0. The predicted molar refractivity (Wildman–Crippen MR) is 83.5 cm³/mol. The minimum absolute atomic E-state index is 0.239. The molecule has 1 aromatic rings. The van der Waals surface area contributed by atoms with E-state index in [0.29, 0.717) is 5.75 Å². The number of aromatic nitrogens is 1. The van der Waals surface area contributed by atoms with E-state index >= 15 is 0 Å². The number of nitrogens with one attached hydrogen (secondary N) is 2. The summed E-state index contributed by atoms with van der Waals surface area (Å²) in [6.07, 6.45) is 3.58. The van der Waals surface area contributed by atoms with E-state index in [0.717, 1.165) is 36.5 Å². The third kappa shape index (κ3) is 10.0. The van der Waals surface area contributed by atoms with Crippen LogP contribution in [0.5, 0.6) is 5.75 Å². The Bertz CT molecular complexity index is 565. The number of carboxylic acid groups (broad SMARTS) is 2. The lowest BCUT2D eigenvalue weighted by atomic mass is 10.3. The van der Waals surface area contributed by atoms with Crippen molar-refractivity contribution in [3.8, 4) is 5.75 Å². The molecule has 0 saturated carbocycles. The normalized spacial score (nSPS) is 11.2. The van der Waals surface area contributed by atoms with Crippen molar-refractivity contribution in [1.29, 1.82) is 0 Å². The molecule has 0 aliphatic heterocycles. The summed E-state index contributed by atoms with van der Waals surface area (Å²) >= 11 is 0. The number of hydrogen-bond acceptors (Lipinski definition) is 7. The van der Waals surface area contributed by atoms with Gasteiger partial charge in [0.2, 0.25) is 0 Å². The smallest absolute Gasteiger partial charge is 0.519 e. The van der Waals surface area contributed by atoms with Crippen LogP contribution in [0.1, 0.15) is 25.5 Å². The van der Waals surface area contributed by atoms with Crippen LogP contribution in [0.3, 0.4) is 0 Å². The number of ether oxygens (including phenoxy) is 1. The molecule has 1 heterocycles. The molecule has 0 bridgehead atoms. The molecular weight excluding hydrogens is 330 g/mol. The van der Waals surface area contributed by atoms with Gasteiger partial charge in [0, 0.05) is 6.20 Å². The van der Waals surface area contributed by atoms with E-state index in [1.807, 2.05) is 21.1 Å². The van der Waals surface area contributed by atoms with Crippen LogP contribution in [-0.4, -0.2) is 50.7 Å². The van der Waals surface area contributed by atoms with Crippen LogP contribution < -0.4 is 24.7 Å². The Morgan fingerprint density at radius 1 is 1.16 bits per heavy atom. The Kier molecular flexibility index (Phi) is 10.7. The number of amides is 1. The highest BCUT2D eigenvalue weighted by Gasteiger charge is 2.19. The fourth-order valence-corrected chi connectivity index (χ4v) is 1.71. The highest BCUT2D eigenvalue weighted by molar-refractivity contribution is 6.25. The number of rotatable bonds is 6. The van der Waals surface area contributed by atoms with Crippen LogP contribution in [0.25, 0.3) is 0 Å². The zero-order valence-corrected chi connectivity index (χ0v) is 15.0. The lowest BCUT2D eigenvalue weighted by Gasteiger charge is -2.13. The van der Waals surface area contributed by atoms with Gasteiger partial charge in [-0.2, -0.15) is 4.79 Å². The molecule has 0 radical (unpaired) electrons. The van der Waals surface area contributed by atoms with E-state index in [-0.39, 0.29) is 6.09 Å². The van der Waals surface area contributed by atoms with Gasteiger partial charge < -0.3 is 29.4 Å². The molecule has 0 aliphatic rings. The fraction of sp³-hybridized carbons (Fsp3) is 0.500. The van der Waals surface area contributed by atoms with Gasteiger partial charge >= 0.3 is 6.09 Å². The SMILES string of the molecule is CCCC[NH+](C)C(=O)Oc1cccnc1C[NH+](C)C.O=C([O-])C(=O)[O-]. The zero-order chi connectivity index (χ0) is 19.4. The molecule has 0 saturated heterocycles. The third-order valence-corrected chi connectivity index (χ3v) is 2.99. The molecule has 9 heteroatoms. The van der Waals surface area contributed by atoms with Gasteiger partial charge in [-0.25, -0.2) is 4.90 Å². The van der Waals surface area contributed by atoms with Crippen molar-refractivity contribution in [3.63, 3.8) is 0 Å². The summed E-state index contributed by atoms with van der Waals surface area (Å²) in [6, 6.07) is 3.59. The summed E-state index contributed by atoms with van der Waals surface area (Å²) in [7, 11) is 5.92. The Morgan fingerprint density at radius 3 is 2.24 bits per heavy atom. The van der Waals surface area contributed by atoms with Gasteiger partial charge in [-0.3, -0.25) is 4.98 Å². The molecule has 0 aliphatic carbocycles. The second-order valence-electron chi connectivity index (χ2n) is 5.68. The number of hydrogen-bond donors (Lipinski definition) is 2. The second-order valence-corrected chi connectivity index (χ2v) is 5.68. The molecule has 1 aromatic heterocycles. The van der Waals surface area contributed by atoms with Crippen molar-refractivity contribution in [2.24, 2.45) is 0 Å². The van der Waals surface area contributed by atoms with Crippen molar-refractivity contribution in [2.75, 3.05) is 27.7 Å². The maximum Gasteiger partial charge on any atom is 0.519 e. The van der Waals surface area contributed by atoms with Crippen LogP contribution in [0, 0.1) is 0 Å². The molecule has 0 spiro atoms. The van der Waals surface area contributed by atoms with Crippen LogP contribution >= 0.6 is 0 Å². The molecule has 140 valence electrons. The number of pyridine rings is 1. The lowest BCUT2D eigenvalue weighted by Crippen LogP contribution is -3.12. The molecule has 0 aromatic carbocycles. The molecule has 1 unspecified atom stereocenters. The Morgan fingerprint density at radius 2 is 1.76 bits per heavy atom. The van der Waals surface area contributed by atoms with Crippen molar-refractivity contribution in [3.05, 3.63) is 24.0 Å². The zero-order valence-electron chi connectivity index (χ0n) is 15.0. The first-order valence-electron chi connectivity index (χ1n) is 7.88. The van der Waals surface area contributed by atoms with Crippen LogP contribution in [0.2, 0.25) is 0 Å².